The summed E-state index contributed by atoms with van der Waals surface area (Å²) < 4.78 is 13.8. The molecule has 0 heterocycles. The second kappa shape index (κ2) is 6.91. The van der Waals surface area contributed by atoms with Gasteiger partial charge in [-0.2, -0.15) is 5.26 Å². The Bertz CT molecular complexity index is 682. The lowest BCUT2D eigenvalue weighted by atomic mass is 10.1. The Morgan fingerprint density at radius 1 is 1.29 bits per heavy atom. The van der Waals surface area contributed by atoms with Gasteiger partial charge < -0.3 is 5.11 Å². The number of aliphatic carboxylic acids is 1. The molecule has 0 aromatic heterocycles. The molecule has 0 aliphatic rings. The lowest BCUT2D eigenvalue weighted by Gasteiger charge is -2.12. The zero-order valence-corrected chi connectivity index (χ0v) is 11.8. The summed E-state index contributed by atoms with van der Waals surface area (Å²) in [5.41, 5.74) is 1.10. The Labute approximate surface area is 126 Å². The van der Waals surface area contributed by atoms with Crippen LogP contribution in [0.1, 0.15) is 11.1 Å². The van der Waals surface area contributed by atoms with Gasteiger partial charge in [0.05, 0.1) is 11.6 Å². The minimum atomic E-state index is -0.993. The fourth-order valence-electron chi connectivity index (χ4n) is 1.83. The number of hydrogen-bond acceptors (Lipinski definition) is 3. The molecule has 0 amide bonds. The summed E-state index contributed by atoms with van der Waals surface area (Å²) in [7, 11) is 0. The van der Waals surface area contributed by atoms with Crippen molar-refractivity contribution in [2.24, 2.45) is 0 Å². The van der Waals surface area contributed by atoms with Crippen LogP contribution in [0.4, 0.5) is 4.39 Å². The van der Waals surface area contributed by atoms with Crippen molar-refractivity contribution in [3.8, 4) is 6.07 Å². The maximum Gasteiger partial charge on any atom is 0.317 e. The lowest BCUT2D eigenvalue weighted by molar-refractivity contribution is -0.136. The molecule has 2 aromatic carbocycles. The first kappa shape index (κ1) is 15.1. The first-order chi connectivity index (χ1) is 10.1. The summed E-state index contributed by atoms with van der Waals surface area (Å²) in [4.78, 5) is 11.6. The maximum atomic E-state index is 13.8. The van der Waals surface area contributed by atoms with Gasteiger partial charge in [-0.05, 0) is 30.2 Å². The van der Waals surface area contributed by atoms with Gasteiger partial charge in [0.2, 0.25) is 0 Å². The molecule has 0 aliphatic heterocycles. The third-order valence-corrected chi connectivity index (χ3v) is 4.11. The van der Waals surface area contributed by atoms with Crippen molar-refractivity contribution in [2.75, 3.05) is 0 Å². The molecule has 106 valence electrons. The van der Waals surface area contributed by atoms with E-state index in [1.54, 1.807) is 0 Å². The Morgan fingerprint density at radius 3 is 2.57 bits per heavy atom. The highest BCUT2D eigenvalue weighted by atomic mass is 32.2. The quantitative estimate of drug-likeness (QED) is 0.859. The number of benzene rings is 2. The summed E-state index contributed by atoms with van der Waals surface area (Å²) in [6.07, 6.45) is 0.306. The molecule has 0 saturated heterocycles. The van der Waals surface area contributed by atoms with Gasteiger partial charge in [-0.3, -0.25) is 4.79 Å². The van der Waals surface area contributed by atoms with Gasteiger partial charge in [-0.25, -0.2) is 4.39 Å². The highest BCUT2D eigenvalue weighted by Crippen LogP contribution is 2.29. The molecule has 2 rings (SSSR count). The van der Waals surface area contributed by atoms with Crippen molar-refractivity contribution < 1.29 is 14.3 Å². The molecular formula is C16H12FNO2S. The van der Waals surface area contributed by atoms with Gasteiger partial charge >= 0.3 is 5.97 Å². The fraction of sp³-hybridized carbons (Fsp3) is 0.125. The number of carbonyl (C=O) groups is 1. The molecule has 0 aliphatic carbocycles. The number of nitriles is 1. The molecule has 1 N–H and O–H groups in total. The van der Waals surface area contributed by atoms with E-state index >= 15 is 0 Å². The number of rotatable bonds is 5. The summed E-state index contributed by atoms with van der Waals surface area (Å²) in [5.74, 6) is -1.56. The van der Waals surface area contributed by atoms with E-state index in [9.17, 15) is 14.3 Å². The summed E-state index contributed by atoms with van der Waals surface area (Å²) in [6.45, 7) is 0. The topological polar surface area (TPSA) is 61.1 Å². The SMILES string of the molecule is N#Cc1ccc(SC(Cc2ccccc2)C(=O)O)c(F)c1. The number of carboxylic acid groups (broad SMARTS) is 1. The summed E-state index contributed by atoms with van der Waals surface area (Å²) in [6, 6.07) is 15.1. The number of halogens is 1. The number of hydrogen-bond donors (Lipinski definition) is 1. The Balaban J connectivity index is 2.17. The van der Waals surface area contributed by atoms with Crippen molar-refractivity contribution in [1.82, 2.24) is 0 Å². The monoisotopic (exact) mass is 301 g/mol. The Morgan fingerprint density at radius 2 is 2.00 bits per heavy atom. The van der Waals surface area contributed by atoms with Crippen molar-refractivity contribution in [3.05, 3.63) is 65.5 Å². The van der Waals surface area contributed by atoms with Gasteiger partial charge in [0, 0.05) is 4.90 Å². The molecule has 21 heavy (non-hydrogen) atoms. The number of nitrogens with zero attached hydrogens (tertiary/aromatic N) is 1. The van der Waals surface area contributed by atoms with Crippen LogP contribution in [-0.2, 0) is 11.2 Å². The van der Waals surface area contributed by atoms with E-state index in [0.29, 0.717) is 6.42 Å². The first-order valence-electron chi connectivity index (χ1n) is 6.23. The normalized spacial score (nSPS) is 11.6. The minimum absolute atomic E-state index is 0.215. The largest absolute Gasteiger partial charge is 0.480 e. The first-order valence-corrected chi connectivity index (χ1v) is 7.11. The standard InChI is InChI=1S/C16H12FNO2S/c17-13-8-12(10-18)6-7-14(13)21-15(16(19)20)9-11-4-2-1-3-5-11/h1-8,15H,9H2,(H,19,20). The third kappa shape index (κ3) is 4.07. The van der Waals surface area contributed by atoms with E-state index in [2.05, 4.69) is 0 Å². The van der Waals surface area contributed by atoms with Crippen LogP contribution in [-0.4, -0.2) is 16.3 Å². The van der Waals surface area contributed by atoms with Crippen molar-refractivity contribution in [2.45, 2.75) is 16.6 Å². The zero-order chi connectivity index (χ0) is 15.2. The number of thioether (sulfide) groups is 1. The highest BCUT2D eigenvalue weighted by molar-refractivity contribution is 8.00. The van der Waals surface area contributed by atoms with E-state index < -0.39 is 17.0 Å². The van der Waals surface area contributed by atoms with Crippen LogP contribution in [0.15, 0.2) is 53.4 Å². The zero-order valence-electron chi connectivity index (χ0n) is 11.0. The molecule has 0 saturated carbocycles. The van der Waals surface area contributed by atoms with Crippen LogP contribution in [0.5, 0.6) is 0 Å². The highest BCUT2D eigenvalue weighted by Gasteiger charge is 2.21. The van der Waals surface area contributed by atoms with Crippen molar-refractivity contribution >= 4 is 17.7 Å². The average molecular weight is 301 g/mol. The van der Waals surface area contributed by atoms with E-state index in [-0.39, 0.29) is 10.5 Å². The minimum Gasteiger partial charge on any atom is -0.480 e. The van der Waals surface area contributed by atoms with Crippen LogP contribution in [0.2, 0.25) is 0 Å². The van der Waals surface area contributed by atoms with Crippen molar-refractivity contribution in [3.63, 3.8) is 0 Å². The molecular weight excluding hydrogens is 289 g/mol. The van der Waals surface area contributed by atoms with Gasteiger partial charge in [-0.1, -0.05) is 30.3 Å². The fourth-order valence-corrected chi connectivity index (χ4v) is 2.83. The second-order valence-corrected chi connectivity index (χ2v) is 5.64. The maximum absolute atomic E-state index is 13.8. The predicted molar refractivity (Wildman–Crippen MR) is 78.5 cm³/mol. The summed E-state index contributed by atoms with van der Waals surface area (Å²) >= 11 is 0.954. The third-order valence-electron chi connectivity index (χ3n) is 2.87. The van der Waals surface area contributed by atoms with Crippen LogP contribution in [0.3, 0.4) is 0 Å². The Hall–Kier alpha value is -2.32. The van der Waals surface area contributed by atoms with E-state index in [0.717, 1.165) is 23.4 Å². The molecule has 1 unspecified atom stereocenters. The van der Waals surface area contributed by atoms with Gasteiger partial charge in [0.25, 0.3) is 0 Å². The van der Waals surface area contributed by atoms with Crippen LogP contribution >= 0.6 is 11.8 Å². The molecule has 0 bridgehead atoms. The van der Waals surface area contributed by atoms with Crippen LogP contribution in [0, 0.1) is 17.1 Å². The van der Waals surface area contributed by atoms with Crippen LogP contribution < -0.4 is 0 Å². The molecule has 1 atom stereocenters. The smallest absolute Gasteiger partial charge is 0.317 e. The Kier molecular flexibility index (Phi) is 4.96. The molecule has 0 spiro atoms. The lowest BCUT2D eigenvalue weighted by Crippen LogP contribution is -2.19. The average Bonchev–Trinajstić information content (AvgIpc) is 2.49. The van der Waals surface area contributed by atoms with Crippen molar-refractivity contribution in [1.29, 1.82) is 5.26 Å². The second-order valence-electron chi connectivity index (χ2n) is 4.39. The van der Waals surface area contributed by atoms with E-state index in [1.807, 2.05) is 36.4 Å². The summed E-state index contributed by atoms with van der Waals surface area (Å²) in [5, 5.41) is 17.2. The molecule has 0 radical (unpaired) electrons. The van der Waals surface area contributed by atoms with Gasteiger partial charge in [0.1, 0.15) is 11.1 Å². The van der Waals surface area contributed by atoms with Gasteiger partial charge in [0.15, 0.2) is 0 Å². The van der Waals surface area contributed by atoms with Gasteiger partial charge in [-0.15, -0.1) is 11.8 Å². The molecule has 0 fully saturated rings. The van der Waals surface area contributed by atoms with Crippen LogP contribution in [0.25, 0.3) is 0 Å². The van der Waals surface area contributed by atoms with E-state index in [4.69, 9.17) is 5.26 Å². The van der Waals surface area contributed by atoms with E-state index in [1.165, 1.54) is 12.1 Å². The molecule has 2 aromatic rings. The number of carboxylic acids is 1. The predicted octanol–water partition coefficient (Wildman–Crippen LogP) is 3.49. The molecule has 3 nitrogen and oxygen atoms in total. The molecule has 5 heteroatoms.